The topological polar surface area (TPSA) is 67.2 Å². The monoisotopic (exact) mass is 307 g/mol. The molecule has 0 aliphatic rings. The fourth-order valence-electron chi connectivity index (χ4n) is 2.16. The number of nitrogens with one attached hydrogen (secondary N) is 1. The zero-order valence-electron chi connectivity index (χ0n) is 12.4. The van der Waals surface area contributed by atoms with Crippen LogP contribution in [0.3, 0.4) is 0 Å². The predicted molar refractivity (Wildman–Crippen MR) is 86.3 cm³/mol. The molecular formula is C15H21N3O2S. The van der Waals surface area contributed by atoms with Crippen LogP contribution in [0.1, 0.15) is 19.2 Å². The van der Waals surface area contributed by atoms with Crippen molar-refractivity contribution in [1.82, 2.24) is 14.9 Å². The first-order chi connectivity index (χ1) is 10.1. The maximum Gasteiger partial charge on any atom is 0.240 e. The normalized spacial score (nSPS) is 12.5. The molecule has 0 radical (unpaired) electrons. The highest BCUT2D eigenvalue weighted by molar-refractivity contribution is 7.97. The zero-order chi connectivity index (χ0) is 15.2. The van der Waals surface area contributed by atoms with E-state index in [4.69, 9.17) is 0 Å². The van der Waals surface area contributed by atoms with Crippen LogP contribution in [0.4, 0.5) is 0 Å². The van der Waals surface area contributed by atoms with Gasteiger partial charge in [0.2, 0.25) is 5.91 Å². The third-order valence-corrected chi connectivity index (χ3v) is 3.74. The van der Waals surface area contributed by atoms with E-state index in [1.807, 2.05) is 35.1 Å². The first-order valence-electron chi connectivity index (χ1n) is 6.99. The summed E-state index contributed by atoms with van der Waals surface area (Å²) in [5.74, 6) is 1.63. The van der Waals surface area contributed by atoms with Crippen LogP contribution in [-0.2, 0) is 17.1 Å². The highest BCUT2D eigenvalue weighted by Gasteiger charge is 2.13. The van der Waals surface area contributed by atoms with Gasteiger partial charge in [-0.05, 0) is 31.7 Å². The van der Waals surface area contributed by atoms with Gasteiger partial charge in [0.15, 0.2) is 0 Å². The highest BCUT2D eigenvalue weighted by Crippen LogP contribution is 2.18. The molecule has 0 saturated heterocycles. The molecule has 0 aliphatic heterocycles. The molecule has 1 atom stereocenters. The van der Waals surface area contributed by atoms with Crippen molar-refractivity contribution in [2.45, 2.75) is 31.7 Å². The molecule has 21 heavy (non-hydrogen) atoms. The van der Waals surface area contributed by atoms with Gasteiger partial charge >= 0.3 is 0 Å². The number of carbonyl (C=O) groups is 1. The van der Waals surface area contributed by atoms with E-state index in [0.717, 1.165) is 22.6 Å². The summed E-state index contributed by atoms with van der Waals surface area (Å²) in [5.41, 5.74) is 1.89. The molecule has 1 heterocycles. The van der Waals surface area contributed by atoms with Crippen LogP contribution in [0.15, 0.2) is 24.3 Å². The molecule has 114 valence electrons. The van der Waals surface area contributed by atoms with Gasteiger partial charge in [-0.3, -0.25) is 4.79 Å². The SMILES string of the molecule is CSCc1nc2ccccc2n1CC(=O)NCCC(C)O. The number of nitrogens with zero attached hydrogens (tertiary/aromatic N) is 2. The number of rotatable bonds is 7. The molecule has 1 amide bonds. The minimum atomic E-state index is -0.397. The number of thioether (sulfide) groups is 1. The van der Waals surface area contributed by atoms with Gasteiger partial charge in [0.1, 0.15) is 12.4 Å². The number of hydrogen-bond acceptors (Lipinski definition) is 4. The molecule has 1 aromatic carbocycles. The van der Waals surface area contributed by atoms with Crippen molar-refractivity contribution in [3.05, 3.63) is 30.1 Å². The fraction of sp³-hybridized carbons (Fsp3) is 0.467. The standard InChI is InChI=1S/C15H21N3O2S/c1-11(19)7-8-16-15(20)9-18-13-6-4-3-5-12(13)17-14(18)10-21-2/h3-6,11,19H,7-10H2,1-2H3,(H,16,20). The van der Waals surface area contributed by atoms with Crippen molar-refractivity contribution in [1.29, 1.82) is 0 Å². The third-order valence-electron chi connectivity index (χ3n) is 3.19. The molecule has 2 rings (SSSR count). The van der Waals surface area contributed by atoms with Crippen LogP contribution in [0.2, 0.25) is 0 Å². The number of fused-ring (bicyclic) bond motifs is 1. The number of amides is 1. The summed E-state index contributed by atoms with van der Waals surface area (Å²) in [6.07, 6.45) is 2.19. The van der Waals surface area contributed by atoms with E-state index in [1.165, 1.54) is 0 Å². The smallest absolute Gasteiger partial charge is 0.240 e. The minimum Gasteiger partial charge on any atom is -0.393 e. The average molecular weight is 307 g/mol. The van der Waals surface area contributed by atoms with E-state index in [0.29, 0.717) is 13.0 Å². The van der Waals surface area contributed by atoms with Gasteiger partial charge in [-0.15, -0.1) is 0 Å². The fourth-order valence-corrected chi connectivity index (χ4v) is 2.64. The molecule has 1 aromatic heterocycles. The largest absolute Gasteiger partial charge is 0.393 e. The van der Waals surface area contributed by atoms with E-state index >= 15 is 0 Å². The highest BCUT2D eigenvalue weighted by atomic mass is 32.2. The number of benzene rings is 1. The quantitative estimate of drug-likeness (QED) is 0.818. The molecule has 5 nitrogen and oxygen atoms in total. The van der Waals surface area contributed by atoms with Gasteiger partial charge in [0.25, 0.3) is 0 Å². The lowest BCUT2D eigenvalue weighted by molar-refractivity contribution is -0.121. The first-order valence-corrected chi connectivity index (χ1v) is 8.39. The van der Waals surface area contributed by atoms with E-state index in [-0.39, 0.29) is 12.5 Å². The number of carbonyl (C=O) groups excluding carboxylic acids is 1. The van der Waals surface area contributed by atoms with Crippen molar-refractivity contribution in [3.63, 3.8) is 0 Å². The van der Waals surface area contributed by atoms with Crippen LogP contribution in [0.5, 0.6) is 0 Å². The lowest BCUT2D eigenvalue weighted by Crippen LogP contribution is -2.30. The Kier molecular flexibility index (Phi) is 5.64. The first kappa shape index (κ1) is 15.9. The van der Waals surface area contributed by atoms with E-state index in [9.17, 15) is 9.90 Å². The molecule has 0 spiro atoms. The second-order valence-electron chi connectivity index (χ2n) is 5.02. The summed E-state index contributed by atoms with van der Waals surface area (Å²) in [5, 5.41) is 12.0. The van der Waals surface area contributed by atoms with Gasteiger partial charge in [0, 0.05) is 6.54 Å². The Morgan fingerprint density at radius 2 is 2.24 bits per heavy atom. The predicted octanol–water partition coefficient (Wildman–Crippen LogP) is 1.79. The van der Waals surface area contributed by atoms with Crippen molar-refractivity contribution in [2.24, 2.45) is 0 Å². The Balaban J connectivity index is 2.12. The Labute approximate surface area is 128 Å². The second kappa shape index (κ2) is 7.47. The summed E-state index contributed by atoms with van der Waals surface area (Å²) in [4.78, 5) is 16.6. The van der Waals surface area contributed by atoms with E-state index in [2.05, 4.69) is 10.3 Å². The lowest BCUT2D eigenvalue weighted by Gasteiger charge is -2.10. The maximum atomic E-state index is 12.0. The van der Waals surface area contributed by atoms with Crippen molar-refractivity contribution in [3.8, 4) is 0 Å². The molecular weight excluding hydrogens is 286 g/mol. The molecule has 0 fully saturated rings. The van der Waals surface area contributed by atoms with Crippen LogP contribution in [-0.4, -0.2) is 39.5 Å². The Bertz CT molecular complexity index is 610. The summed E-state index contributed by atoms with van der Waals surface area (Å²) < 4.78 is 1.96. The summed E-state index contributed by atoms with van der Waals surface area (Å²) in [7, 11) is 0. The molecule has 1 unspecified atom stereocenters. The second-order valence-corrected chi connectivity index (χ2v) is 5.89. The maximum absolute atomic E-state index is 12.0. The van der Waals surface area contributed by atoms with Crippen LogP contribution in [0, 0.1) is 0 Å². The van der Waals surface area contributed by atoms with Crippen LogP contribution in [0.25, 0.3) is 11.0 Å². The van der Waals surface area contributed by atoms with Gasteiger partial charge in [-0.2, -0.15) is 11.8 Å². The molecule has 6 heteroatoms. The van der Waals surface area contributed by atoms with Gasteiger partial charge in [-0.25, -0.2) is 4.98 Å². The van der Waals surface area contributed by atoms with Gasteiger partial charge in [0.05, 0.1) is 22.9 Å². The number of hydrogen-bond donors (Lipinski definition) is 2. The molecule has 2 N–H and O–H groups in total. The Hall–Kier alpha value is -1.53. The Morgan fingerprint density at radius 1 is 1.48 bits per heavy atom. The molecule has 0 saturated carbocycles. The van der Waals surface area contributed by atoms with Crippen molar-refractivity contribution in [2.75, 3.05) is 12.8 Å². The third kappa shape index (κ3) is 4.22. The zero-order valence-corrected chi connectivity index (χ0v) is 13.2. The molecule has 0 aliphatic carbocycles. The number of aromatic nitrogens is 2. The molecule has 0 bridgehead atoms. The minimum absolute atomic E-state index is 0.0545. The van der Waals surface area contributed by atoms with E-state index in [1.54, 1.807) is 18.7 Å². The van der Waals surface area contributed by atoms with Gasteiger partial charge in [-0.1, -0.05) is 12.1 Å². The molecule has 2 aromatic rings. The van der Waals surface area contributed by atoms with Crippen LogP contribution < -0.4 is 5.32 Å². The number of imidazole rings is 1. The Morgan fingerprint density at radius 3 is 2.95 bits per heavy atom. The van der Waals surface area contributed by atoms with Crippen molar-refractivity contribution >= 4 is 28.7 Å². The summed E-state index contributed by atoms with van der Waals surface area (Å²) in [6, 6.07) is 7.84. The number of aliphatic hydroxyl groups excluding tert-OH is 1. The van der Waals surface area contributed by atoms with Crippen molar-refractivity contribution < 1.29 is 9.90 Å². The van der Waals surface area contributed by atoms with E-state index < -0.39 is 6.10 Å². The summed E-state index contributed by atoms with van der Waals surface area (Å²) in [6.45, 7) is 2.46. The van der Waals surface area contributed by atoms with Gasteiger partial charge < -0.3 is 15.0 Å². The lowest BCUT2D eigenvalue weighted by atomic mass is 10.3. The average Bonchev–Trinajstić information content (AvgIpc) is 2.77. The van der Waals surface area contributed by atoms with Crippen LogP contribution >= 0.6 is 11.8 Å². The number of aliphatic hydroxyl groups is 1. The summed E-state index contributed by atoms with van der Waals surface area (Å²) >= 11 is 1.68. The number of para-hydroxylation sites is 2.